The van der Waals surface area contributed by atoms with E-state index in [0.29, 0.717) is 13.1 Å². The smallest absolute Gasteiger partial charge is 0.407 e. The van der Waals surface area contributed by atoms with Gasteiger partial charge in [0.25, 0.3) is 0 Å². The molecular weight excluding hydrogens is 272 g/mol. The van der Waals surface area contributed by atoms with Crippen LogP contribution in [0.25, 0.3) is 0 Å². The molecule has 0 spiro atoms. The summed E-state index contributed by atoms with van der Waals surface area (Å²) in [6.45, 7) is 4.71. The highest BCUT2D eigenvalue weighted by atomic mass is 16.5. The van der Waals surface area contributed by atoms with Crippen LogP contribution in [-0.2, 0) is 9.53 Å². The van der Waals surface area contributed by atoms with Gasteiger partial charge in [0.15, 0.2) is 0 Å². The summed E-state index contributed by atoms with van der Waals surface area (Å²) in [5, 5.41) is 12.3. The van der Waals surface area contributed by atoms with Gasteiger partial charge in [0, 0.05) is 19.1 Å². The van der Waals surface area contributed by atoms with Crippen molar-refractivity contribution in [2.75, 3.05) is 13.1 Å². The molecule has 1 heterocycles. The van der Waals surface area contributed by atoms with Crippen LogP contribution in [0, 0.1) is 0 Å². The first-order chi connectivity index (χ1) is 9.88. The van der Waals surface area contributed by atoms with E-state index in [-0.39, 0.29) is 18.1 Å². The average molecular weight is 298 g/mol. The number of carbonyl (C=O) groups excluding carboxylic acids is 1. The van der Waals surface area contributed by atoms with Gasteiger partial charge in [-0.3, -0.25) is 10.1 Å². The summed E-state index contributed by atoms with van der Waals surface area (Å²) in [6, 6.07) is 0.159. The van der Waals surface area contributed by atoms with Gasteiger partial charge in [0.05, 0.1) is 0 Å². The Morgan fingerprint density at radius 3 is 2.24 bits per heavy atom. The van der Waals surface area contributed by atoms with Gasteiger partial charge in [-0.2, -0.15) is 0 Å². The van der Waals surface area contributed by atoms with E-state index in [9.17, 15) is 9.59 Å². The fourth-order valence-corrected chi connectivity index (χ4v) is 3.09. The first kappa shape index (κ1) is 16.1. The monoisotopic (exact) mass is 298 g/mol. The Kier molecular flexibility index (Phi) is 5.08. The second kappa shape index (κ2) is 6.64. The summed E-state index contributed by atoms with van der Waals surface area (Å²) in [7, 11) is 0. The highest BCUT2D eigenvalue weighted by Gasteiger charge is 2.35. The molecule has 21 heavy (non-hydrogen) atoms. The van der Waals surface area contributed by atoms with E-state index in [1.54, 1.807) is 0 Å². The van der Waals surface area contributed by atoms with E-state index < -0.39 is 11.6 Å². The van der Waals surface area contributed by atoms with E-state index in [1.807, 2.05) is 13.8 Å². The molecule has 0 atom stereocenters. The third-order valence-corrected chi connectivity index (χ3v) is 4.42. The minimum Gasteiger partial charge on any atom is -0.465 e. The minimum absolute atomic E-state index is 0.0763. The van der Waals surface area contributed by atoms with Crippen LogP contribution < -0.4 is 5.32 Å². The molecule has 0 aromatic carbocycles. The topological polar surface area (TPSA) is 78.9 Å². The molecule has 6 heteroatoms. The molecule has 0 aromatic rings. The van der Waals surface area contributed by atoms with Crippen molar-refractivity contribution in [2.45, 2.75) is 70.1 Å². The molecule has 1 saturated carbocycles. The number of esters is 1. The van der Waals surface area contributed by atoms with Crippen LogP contribution in [0.2, 0.25) is 0 Å². The van der Waals surface area contributed by atoms with Gasteiger partial charge in [0.2, 0.25) is 0 Å². The van der Waals surface area contributed by atoms with E-state index in [0.717, 1.165) is 38.5 Å². The molecule has 1 aliphatic carbocycles. The van der Waals surface area contributed by atoms with Crippen molar-refractivity contribution in [1.82, 2.24) is 10.2 Å². The summed E-state index contributed by atoms with van der Waals surface area (Å²) in [5.41, 5.74) is -0.724. The number of likely N-dealkylation sites (tertiary alicyclic amines) is 1. The number of rotatable bonds is 4. The average Bonchev–Trinajstić information content (AvgIpc) is 2.91. The number of piperidine rings is 1. The second-order valence-corrected chi connectivity index (χ2v) is 6.63. The Labute approximate surface area is 125 Å². The zero-order chi connectivity index (χ0) is 15.5. The molecule has 2 aliphatic rings. The normalized spacial score (nSPS) is 21.5. The Morgan fingerprint density at radius 1 is 1.14 bits per heavy atom. The van der Waals surface area contributed by atoms with Gasteiger partial charge in [-0.25, -0.2) is 4.79 Å². The molecule has 1 aliphatic heterocycles. The molecular formula is C15H26N2O4. The van der Waals surface area contributed by atoms with E-state index in [4.69, 9.17) is 9.84 Å². The predicted molar refractivity (Wildman–Crippen MR) is 78.2 cm³/mol. The fourth-order valence-electron chi connectivity index (χ4n) is 3.09. The molecule has 2 rings (SSSR count). The van der Waals surface area contributed by atoms with Gasteiger partial charge in [-0.1, -0.05) is 0 Å². The Balaban J connectivity index is 1.80. The number of amides is 1. The lowest BCUT2D eigenvalue weighted by molar-refractivity contribution is -0.156. The first-order valence-electron chi connectivity index (χ1n) is 7.85. The third-order valence-electron chi connectivity index (χ3n) is 4.42. The van der Waals surface area contributed by atoms with E-state index in [1.165, 1.54) is 4.90 Å². The predicted octanol–water partition coefficient (Wildman–Crippen LogP) is 1.98. The van der Waals surface area contributed by atoms with E-state index in [2.05, 4.69) is 5.32 Å². The van der Waals surface area contributed by atoms with Gasteiger partial charge >= 0.3 is 12.1 Å². The molecule has 120 valence electrons. The maximum Gasteiger partial charge on any atom is 0.407 e. The number of ether oxygens (including phenoxy) is 1. The minimum atomic E-state index is -0.867. The zero-order valence-electron chi connectivity index (χ0n) is 12.9. The van der Waals surface area contributed by atoms with Crippen molar-refractivity contribution in [3.63, 3.8) is 0 Å². The standard InChI is InChI=1S/C15H26N2O4/c1-15(2,13(18)21-12-5-3-4-6-12)16-11-7-9-17(10-8-11)14(19)20/h11-12,16H,3-10H2,1-2H3,(H,19,20). The van der Waals surface area contributed by atoms with Crippen molar-refractivity contribution in [3.8, 4) is 0 Å². The quantitative estimate of drug-likeness (QED) is 0.776. The number of hydrogen-bond donors (Lipinski definition) is 2. The summed E-state index contributed by atoms with van der Waals surface area (Å²) >= 11 is 0. The molecule has 1 saturated heterocycles. The highest BCUT2D eigenvalue weighted by Crippen LogP contribution is 2.23. The first-order valence-corrected chi connectivity index (χ1v) is 7.85. The van der Waals surface area contributed by atoms with E-state index >= 15 is 0 Å². The molecule has 2 N–H and O–H groups in total. The van der Waals surface area contributed by atoms with Crippen LogP contribution >= 0.6 is 0 Å². The van der Waals surface area contributed by atoms with Crippen molar-refractivity contribution in [3.05, 3.63) is 0 Å². The third kappa shape index (κ3) is 4.33. The van der Waals surface area contributed by atoms with Crippen molar-refractivity contribution < 1.29 is 19.4 Å². The Morgan fingerprint density at radius 2 is 1.71 bits per heavy atom. The fraction of sp³-hybridized carbons (Fsp3) is 0.867. The Bertz CT molecular complexity index is 383. The molecule has 2 fully saturated rings. The number of hydrogen-bond acceptors (Lipinski definition) is 4. The number of nitrogens with one attached hydrogen (secondary N) is 1. The number of nitrogens with zero attached hydrogens (tertiary/aromatic N) is 1. The van der Waals surface area contributed by atoms with Gasteiger partial charge < -0.3 is 14.7 Å². The number of carbonyl (C=O) groups is 2. The van der Waals surface area contributed by atoms with Gasteiger partial charge in [-0.05, 0) is 52.4 Å². The molecule has 0 unspecified atom stereocenters. The van der Waals surface area contributed by atoms with Crippen molar-refractivity contribution in [2.24, 2.45) is 0 Å². The van der Waals surface area contributed by atoms with Crippen LogP contribution in [0.4, 0.5) is 4.79 Å². The molecule has 1 amide bonds. The van der Waals surface area contributed by atoms with Crippen LogP contribution in [0.1, 0.15) is 52.4 Å². The van der Waals surface area contributed by atoms with Crippen LogP contribution in [-0.4, -0.2) is 52.8 Å². The lowest BCUT2D eigenvalue weighted by atomic mass is 9.98. The van der Waals surface area contributed by atoms with Crippen LogP contribution in [0.3, 0.4) is 0 Å². The van der Waals surface area contributed by atoms with Gasteiger partial charge in [-0.15, -0.1) is 0 Å². The molecule has 0 radical (unpaired) electrons. The van der Waals surface area contributed by atoms with Crippen molar-refractivity contribution in [1.29, 1.82) is 0 Å². The largest absolute Gasteiger partial charge is 0.465 e. The lowest BCUT2D eigenvalue weighted by Gasteiger charge is -2.35. The summed E-state index contributed by atoms with van der Waals surface area (Å²) in [6.07, 6.45) is 4.89. The molecule has 6 nitrogen and oxygen atoms in total. The van der Waals surface area contributed by atoms with Crippen molar-refractivity contribution >= 4 is 12.1 Å². The van der Waals surface area contributed by atoms with Crippen LogP contribution in [0.5, 0.6) is 0 Å². The summed E-state index contributed by atoms with van der Waals surface area (Å²) in [4.78, 5) is 24.6. The molecule has 0 aromatic heterocycles. The zero-order valence-corrected chi connectivity index (χ0v) is 12.9. The van der Waals surface area contributed by atoms with Gasteiger partial charge in [0.1, 0.15) is 11.6 Å². The SMILES string of the molecule is CC(C)(NC1CCN(C(=O)O)CC1)C(=O)OC1CCCC1. The lowest BCUT2D eigenvalue weighted by Crippen LogP contribution is -2.55. The molecule has 0 bridgehead atoms. The Hall–Kier alpha value is -1.30. The maximum absolute atomic E-state index is 12.3. The number of carboxylic acid groups (broad SMARTS) is 1. The second-order valence-electron chi connectivity index (χ2n) is 6.63. The summed E-state index contributed by atoms with van der Waals surface area (Å²) < 4.78 is 5.57. The van der Waals surface area contributed by atoms with Crippen LogP contribution in [0.15, 0.2) is 0 Å². The maximum atomic E-state index is 12.3. The highest BCUT2D eigenvalue weighted by molar-refractivity contribution is 5.80. The summed E-state index contributed by atoms with van der Waals surface area (Å²) in [5.74, 6) is -0.199.